The Hall–Kier alpha value is -10.5. The van der Waals surface area contributed by atoms with Crippen molar-refractivity contribution in [3.8, 4) is 50.2 Å². The second-order valence-electron chi connectivity index (χ2n) is 20.9. The molecule has 0 saturated carbocycles. The number of hydrogen-bond donors (Lipinski definition) is 0. The van der Waals surface area contributed by atoms with E-state index in [1.807, 2.05) is 59.5 Å². The smallest absolute Gasteiger partial charge is 0.0726 e. The number of fused-ring (bicyclic) bond motifs is 14. The van der Waals surface area contributed by atoms with Crippen LogP contribution >= 0.6 is 0 Å². The molecule has 0 unspecified atom stereocenters. The van der Waals surface area contributed by atoms with Crippen molar-refractivity contribution in [1.82, 2.24) is 4.57 Å². The maximum Gasteiger partial charge on any atom is 0.0726 e. The largest absolute Gasteiger partial charge is 0.310 e. The summed E-state index contributed by atoms with van der Waals surface area (Å²) in [6.45, 7) is 0. The van der Waals surface area contributed by atoms with Crippen LogP contribution in [0.15, 0.2) is 309 Å². The quantitative estimate of drug-likeness (QED) is 0.143. The second-order valence-corrected chi connectivity index (χ2v) is 20.9. The van der Waals surface area contributed by atoms with E-state index < -0.39 is 5.41 Å². The molecule has 13 aromatic carbocycles. The molecule has 0 N–H and O–H groups in total. The summed E-state index contributed by atoms with van der Waals surface area (Å²) < 4.78 is 41.9. The first-order valence-corrected chi connectivity index (χ1v) is 27.3. The molecule has 1 spiro atoms. The fourth-order valence-electron chi connectivity index (χ4n) is 13.2. The molecule has 0 atom stereocenters. The highest BCUT2D eigenvalue weighted by atomic mass is 15.2. The topological polar surface area (TPSA) is 11.4 Å². The van der Waals surface area contributed by atoms with Crippen LogP contribution in [-0.4, -0.2) is 4.57 Å². The fraction of sp³-hybridized carbons (Fsp3) is 0.0130. The summed E-state index contributed by atoms with van der Waals surface area (Å²) in [4.78, 5) is 4.26. The van der Waals surface area contributed by atoms with E-state index in [4.69, 9.17) is 0 Å². The lowest BCUT2D eigenvalue weighted by Gasteiger charge is -2.32. The van der Waals surface area contributed by atoms with Crippen molar-refractivity contribution in [1.29, 1.82) is 0 Å². The summed E-state index contributed by atoms with van der Waals surface area (Å²) in [5.74, 6) is 0. The van der Waals surface area contributed by atoms with Crippen LogP contribution in [0, 0.1) is 0 Å². The average molecular weight is 1020 g/mol. The molecule has 0 saturated heterocycles. The maximum atomic E-state index is 9.95. The zero-order valence-electron chi connectivity index (χ0n) is 47.5. The minimum Gasteiger partial charge on any atom is -0.310 e. The lowest BCUT2D eigenvalue weighted by atomic mass is 9.70. The Morgan fingerprint density at radius 2 is 0.800 bits per heavy atom. The molecule has 16 rings (SSSR count). The summed E-state index contributed by atoms with van der Waals surface area (Å²) in [6.07, 6.45) is 0. The van der Waals surface area contributed by atoms with Gasteiger partial charge in [-0.25, -0.2) is 0 Å². The van der Waals surface area contributed by atoms with Gasteiger partial charge in [-0.05, 0) is 169 Å². The van der Waals surface area contributed by atoms with Crippen LogP contribution in [0.25, 0.3) is 82.8 Å². The highest BCUT2D eigenvalue weighted by Gasteiger charge is 2.51. The van der Waals surface area contributed by atoms with Crippen LogP contribution in [0.5, 0.6) is 0 Å². The van der Waals surface area contributed by atoms with E-state index in [-0.39, 0.29) is 35.4 Å². The summed E-state index contributed by atoms with van der Waals surface area (Å²) >= 11 is 0. The molecule has 0 bridgehead atoms. The molecular weight excluding hydrogens is 967 g/mol. The molecular formula is C77H51N3. The van der Waals surface area contributed by atoms with Gasteiger partial charge in [0.2, 0.25) is 0 Å². The van der Waals surface area contributed by atoms with Gasteiger partial charge in [0.15, 0.2) is 0 Å². The Morgan fingerprint density at radius 3 is 1.51 bits per heavy atom. The number of benzene rings is 13. The number of anilines is 6. The Bertz CT molecular complexity index is 4880. The van der Waals surface area contributed by atoms with E-state index in [0.29, 0.717) is 5.56 Å². The third kappa shape index (κ3) is 7.01. The predicted molar refractivity (Wildman–Crippen MR) is 335 cm³/mol. The van der Waals surface area contributed by atoms with Crippen molar-refractivity contribution >= 4 is 66.7 Å². The van der Waals surface area contributed by atoms with Gasteiger partial charge in [0.25, 0.3) is 0 Å². The van der Waals surface area contributed by atoms with Crippen molar-refractivity contribution in [3.63, 3.8) is 0 Å². The van der Waals surface area contributed by atoms with Crippen LogP contribution in [0.2, 0.25) is 0 Å². The highest BCUT2D eigenvalue weighted by Crippen LogP contribution is 2.63. The Balaban J connectivity index is 0.822. The third-order valence-corrected chi connectivity index (χ3v) is 16.6. The molecule has 1 aromatic heterocycles. The second kappa shape index (κ2) is 18.3. The van der Waals surface area contributed by atoms with Crippen LogP contribution in [-0.2, 0) is 5.41 Å². The lowest BCUT2D eigenvalue weighted by Crippen LogP contribution is -2.26. The fourth-order valence-corrected chi connectivity index (χ4v) is 13.2. The molecule has 3 nitrogen and oxygen atoms in total. The Morgan fingerprint density at radius 1 is 0.287 bits per heavy atom. The first-order valence-electron chi connectivity index (χ1n) is 29.3. The van der Waals surface area contributed by atoms with E-state index in [1.165, 1.54) is 38.8 Å². The van der Waals surface area contributed by atoms with Gasteiger partial charge in [0.05, 0.1) is 27.6 Å². The third-order valence-electron chi connectivity index (χ3n) is 16.6. The summed E-state index contributed by atoms with van der Waals surface area (Å²) in [5.41, 5.74) is 19.9. The first kappa shape index (κ1) is 41.7. The van der Waals surface area contributed by atoms with Gasteiger partial charge >= 0.3 is 0 Å². The van der Waals surface area contributed by atoms with Gasteiger partial charge in [-0.2, -0.15) is 0 Å². The van der Waals surface area contributed by atoms with Crippen molar-refractivity contribution in [2.75, 3.05) is 9.80 Å². The lowest BCUT2D eigenvalue weighted by molar-refractivity contribution is 0.793. The minimum absolute atomic E-state index is 0.112. The number of nitrogens with zero attached hydrogens (tertiary/aromatic N) is 3. The maximum absolute atomic E-state index is 9.95. The van der Waals surface area contributed by atoms with E-state index in [0.717, 1.165) is 83.6 Å². The molecule has 80 heavy (non-hydrogen) atoms. The predicted octanol–water partition coefficient (Wildman–Crippen LogP) is 20.6. The molecule has 2 aliphatic rings. The van der Waals surface area contributed by atoms with Gasteiger partial charge in [0, 0.05) is 50.5 Å². The molecule has 0 radical (unpaired) electrons. The number of hydrogen-bond acceptors (Lipinski definition) is 2. The Labute approximate surface area is 471 Å². The van der Waals surface area contributed by atoms with E-state index >= 15 is 0 Å². The number of para-hydroxylation sites is 4. The van der Waals surface area contributed by atoms with Crippen molar-refractivity contribution < 1.29 is 5.48 Å². The average Bonchev–Trinajstić information content (AvgIpc) is 1.54. The molecule has 2 aliphatic carbocycles. The number of aromatic nitrogens is 1. The van der Waals surface area contributed by atoms with Crippen LogP contribution in [0.3, 0.4) is 0 Å². The molecule has 0 amide bonds. The molecule has 14 aromatic rings. The molecule has 3 heteroatoms. The summed E-state index contributed by atoms with van der Waals surface area (Å²) in [5, 5.41) is 4.18. The van der Waals surface area contributed by atoms with Gasteiger partial charge in [-0.3, -0.25) is 0 Å². The van der Waals surface area contributed by atoms with Crippen LogP contribution in [0.1, 0.15) is 27.7 Å². The van der Waals surface area contributed by atoms with Crippen molar-refractivity contribution in [2.45, 2.75) is 5.41 Å². The van der Waals surface area contributed by atoms with Crippen molar-refractivity contribution in [2.24, 2.45) is 0 Å². The van der Waals surface area contributed by atoms with Crippen molar-refractivity contribution in [3.05, 3.63) is 332 Å². The monoisotopic (exact) mass is 1020 g/mol. The molecule has 374 valence electrons. The Kier molecular flexibility index (Phi) is 9.55. The van der Waals surface area contributed by atoms with E-state index in [1.54, 1.807) is 0 Å². The van der Waals surface area contributed by atoms with Gasteiger partial charge in [-0.15, -0.1) is 0 Å². The zero-order chi connectivity index (χ0) is 56.2. The number of rotatable bonds is 9. The first-order chi connectivity index (χ1) is 41.4. The van der Waals surface area contributed by atoms with Crippen LogP contribution < -0.4 is 9.80 Å². The molecule has 1 heterocycles. The van der Waals surface area contributed by atoms with E-state index in [2.05, 4.69) is 240 Å². The van der Waals surface area contributed by atoms with Gasteiger partial charge in [-0.1, -0.05) is 212 Å². The van der Waals surface area contributed by atoms with Crippen LogP contribution in [0.4, 0.5) is 34.1 Å². The molecule has 0 fully saturated rings. The molecule has 0 aliphatic heterocycles. The zero-order valence-corrected chi connectivity index (χ0v) is 43.5. The summed E-state index contributed by atoms with van der Waals surface area (Å²) in [7, 11) is 0. The SMILES string of the molecule is [2H]c1c([2H])c(N(c2ccccc2)c2ccc3c(c2)C2(c4ccccc4-c4ccccc42)c2ccccc2-3)c([2H])c([2H])c1-c1ccc2cc(N(c3ccc4c(c3)c3ccccc3n4-c3ccccc3)c3ccccc3-c3ccccc3)ccc2c1. The van der Waals surface area contributed by atoms with E-state index in [9.17, 15) is 5.48 Å². The normalized spacial score (nSPS) is 13.3. The summed E-state index contributed by atoms with van der Waals surface area (Å²) in [6, 6.07) is 99.3. The van der Waals surface area contributed by atoms with Gasteiger partial charge in [0.1, 0.15) is 0 Å². The highest BCUT2D eigenvalue weighted by molar-refractivity contribution is 6.11. The van der Waals surface area contributed by atoms with Gasteiger partial charge < -0.3 is 14.4 Å². The minimum atomic E-state index is -0.613. The standard InChI is InChI=1S/C77H51N3/c1-4-20-53(21-5-1)63-26-13-18-34-74(63)79(61-45-47-76-69(50-61)68-30-14-19-35-75(68)80(76)58-24-8-3-9-25-58)60-43-40-55-48-54(36-37-56(55)49-60)52-38-41-59(42-39-52)78(57-22-6-2-7-23-57)62-44-46-67-66-29-12-17-33-72(66)77(73(67)51-62)70-31-15-10-27-64(70)65-28-11-16-32-71(65)77/h1-51H/i38D,39D,41D,42D.